The predicted molar refractivity (Wildman–Crippen MR) is 91.5 cm³/mol. The van der Waals surface area contributed by atoms with Gasteiger partial charge in [-0.2, -0.15) is 0 Å². The van der Waals surface area contributed by atoms with Crippen LogP contribution in [0.4, 0.5) is 0 Å². The highest BCUT2D eigenvalue weighted by molar-refractivity contribution is 7.08. The number of thiophene rings is 1. The van der Waals surface area contributed by atoms with Crippen LogP contribution in [0.1, 0.15) is 0 Å². The molecule has 1 aromatic heterocycles. The minimum Gasteiger partial charge on any atom is -0.485 e. The number of azide groups is 1. The molecule has 0 bridgehead atoms. The number of hydrogen-bond donors (Lipinski definition) is 0. The molecule has 1 aromatic rings. The standard InChI is InChI=1S/C15H23N3O6S/c16-18-17-1-2-19-3-4-20-5-6-21-7-8-22-9-13-10-23-14-11-25-12-15(14)24-13/h11-13H,1-10H2. The molecule has 1 atom stereocenters. The van der Waals surface area contributed by atoms with E-state index in [0.717, 1.165) is 11.5 Å². The lowest BCUT2D eigenvalue weighted by Crippen LogP contribution is -2.33. The first kappa shape index (κ1) is 19.8. The minimum atomic E-state index is -0.0794. The van der Waals surface area contributed by atoms with E-state index in [4.69, 9.17) is 34.0 Å². The van der Waals surface area contributed by atoms with Crippen LogP contribution >= 0.6 is 11.3 Å². The van der Waals surface area contributed by atoms with Crippen molar-refractivity contribution in [2.75, 3.05) is 66.0 Å². The smallest absolute Gasteiger partial charge is 0.172 e. The molecule has 0 radical (unpaired) electrons. The molecular formula is C15H23N3O6S. The number of hydrogen-bond acceptors (Lipinski definition) is 8. The molecule has 2 heterocycles. The van der Waals surface area contributed by atoms with E-state index in [9.17, 15) is 0 Å². The Balaban J connectivity index is 1.32. The second kappa shape index (κ2) is 12.8. The van der Waals surface area contributed by atoms with Crippen LogP contribution in [0, 0.1) is 0 Å². The maximum atomic E-state index is 8.08. The molecule has 9 nitrogen and oxygen atoms in total. The summed E-state index contributed by atoms with van der Waals surface area (Å²) in [7, 11) is 0. The van der Waals surface area contributed by atoms with Gasteiger partial charge in [-0.3, -0.25) is 0 Å². The summed E-state index contributed by atoms with van der Waals surface area (Å²) >= 11 is 1.56. The zero-order valence-corrected chi connectivity index (χ0v) is 14.8. The first-order valence-corrected chi connectivity index (χ1v) is 9.02. The van der Waals surface area contributed by atoms with E-state index in [1.54, 1.807) is 11.3 Å². The third kappa shape index (κ3) is 8.39. The maximum Gasteiger partial charge on any atom is 0.172 e. The van der Waals surface area contributed by atoms with Gasteiger partial charge in [0.25, 0.3) is 0 Å². The van der Waals surface area contributed by atoms with Gasteiger partial charge in [0.05, 0.1) is 52.9 Å². The maximum absolute atomic E-state index is 8.08. The number of nitrogens with zero attached hydrogens (tertiary/aromatic N) is 3. The summed E-state index contributed by atoms with van der Waals surface area (Å²) in [6.07, 6.45) is -0.0794. The fraction of sp³-hybridized carbons (Fsp3) is 0.733. The van der Waals surface area contributed by atoms with E-state index in [-0.39, 0.29) is 6.10 Å². The molecular weight excluding hydrogens is 350 g/mol. The monoisotopic (exact) mass is 373 g/mol. The van der Waals surface area contributed by atoms with E-state index >= 15 is 0 Å². The number of fused-ring (bicyclic) bond motifs is 1. The molecule has 140 valence electrons. The third-order valence-electron chi connectivity index (χ3n) is 3.13. The van der Waals surface area contributed by atoms with Crippen molar-refractivity contribution >= 4 is 11.3 Å². The molecule has 0 aromatic carbocycles. The Labute approximate surface area is 150 Å². The van der Waals surface area contributed by atoms with Crippen molar-refractivity contribution < 1.29 is 28.4 Å². The molecule has 0 amide bonds. The summed E-state index contributed by atoms with van der Waals surface area (Å²) in [6.45, 7) is 4.69. The van der Waals surface area contributed by atoms with Crippen LogP contribution in [-0.4, -0.2) is 72.1 Å². The van der Waals surface area contributed by atoms with Gasteiger partial charge in [-0.25, -0.2) is 0 Å². The summed E-state index contributed by atoms with van der Waals surface area (Å²) in [5, 5.41) is 7.22. The van der Waals surface area contributed by atoms with Crippen LogP contribution in [-0.2, 0) is 18.9 Å². The zero-order chi connectivity index (χ0) is 17.6. The van der Waals surface area contributed by atoms with Crippen molar-refractivity contribution in [1.82, 2.24) is 0 Å². The van der Waals surface area contributed by atoms with Crippen LogP contribution < -0.4 is 9.47 Å². The van der Waals surface area contributed by atoms with Gasteiger partial charge >= 0.3 is 0 Å². The van der Waals surface area contributed by atoms with Crippen molar-refractivity contribution in [3.8, 4) is 11.5 Å². The fourth-order valence-corrected chi connectivity index (χ4v) is 2.64. The quantitative estimate of drug-likeness (QED) is 0.214. The molecule has 0 N–H and O–H groups in total. The van der Waals surface area contributed by atoms with E-state index < -0.39 is 0 Å². The molecule has 1 aliphatic rings. The molecule has 0 saturated heterocycles. The zero-order valence-electron chi connectivity index (χ0n) is 14.0. The number of ether oxygens (including phenoxy) is 6. The Morgan fingerprint density at radius 2 is 1.64 bits per heavy atom. The number of rotatable bonds is 14. The summed E-state index contributed by atoms with van der Waals surface area (Å²) in [4.78, 5) is 2.63. The highest BCUT2D eigenvalue weighted by Crippen LogP contribution is 2.35. The van der Waals surface area contributed by atoms with Gasteiger partial charge in [-0.15, -0.1) is 11.3 Å². The molecule has 10 heteroatoms. The molecule has 0 saturated carbocycles. The Morgan fingerprint density at radius 3 is 2.36 bits per heavy atom. The van der Waals surface area contributed by atoms with E-state index in [0.29, 0.717) is 66.0 Å². The highest BCUT2D eigenvalue weighted by atomic mass is 32.1. The topological polar surface area (TPSA) is 104 Å². The van der Waals surface area contributed by atoms with Crippen LogP contribution in [0.2, 0.25) is 0 Å². The Morgan fingerprint density at radius 1 is 1.00 bits per heavy atom. The Hall–Kier alpha value is -1.55. The van der Waals surface area contributed by atoms with Crippen LogP contribution in [0.25, 0.3) is 10.4 Å². The normalized spacial score (nSPS) is 15.8. The lowest BCUT2D eigenvalue weighted by atomic mass is 10.3. The second-order valence-electron chi connectivity index (χ2n) is 5.02. The van der Waals surface area contributed by atoms with Gasteiger partial charge in [0.1, 0.15) is 6.61 Å². The average molecular weight is 373 g/mol. The predicted octanol–water partition coefficient (Wildman–Crippen LogP) is 2.26. The first-order chi connectivity index (χ1) is 12.4. The van der Waals surface area contributed by atoms with Gasteiger partial charge < -0.3 is 28.4 Å². The van der Waals surface area contributed by atoms with Crippen molar-refractivity contribution in [3.05, 3.63) is 21.2 Å². The summed E-state index contributed by atoms with van der Waals surface area (Å²) in [5.74, 6) is 1.60. The molecule has 25 heavy (non-hydrogen) atoms. The highest BCUT2D eigenvalue weighted by Gasteiger charge is 2.21. The van der Waals surface area contributed by atoms with Crippen molar-refractivity contribution in [3.63, 3.8) is 0 Å². The van der Waals surface area contributed by atoms with E-state index in [2.05, 4.69) is 10.0 Å². The second-order valence-corrected chi connectivity index (χ2v) is 5.76. The minimum absolute atomic E-state index is 0.0794. The molecule has 0 aliphatic carbocycles. The molecule has 2 rings (SSSR count). The average Bonchev–Trinajstić information content (AvgIpc) is 3.10. The van der Waals surface area contributed by atoms with Gasteiger partial charge in [0.15, 0.2) is 17.6 Å². The van der Waals surface area contributed by atoms with Gasteiger partial charge in [0.2, 0.25) is 0 Å². The van der Waals surface area contributed by atoms with Crippen molar-refractivity contribution in [1.29, 1.82) is 0 Å². The Bertz CT molecular complexity index is 523. The van der Waals surface area contributed by atoms with E-state index in [1.165, 1.54) is 0 Å². The van der Waals surface area contributed by atoms with Crippen LogP contribution in [0.5, 0.6) is 11.5 Å². The first-order valence-electron chi connectivity index (χ1n) is 8.07. The SMILES string of the molecule is [N-]=[N+]=NCCOCCOCCOCCOCC1COc2cscc2O1. The Kier molecular flexibility index (Phi) is 10.1. The van der Waals surface area contributed by atoms with Gasteiger partial charge in [-0.05, 0) is 5.53 Å². The molecule has 0 spiro atoms. The van der Waals surface area contributed by atoms with Gasteiger partial charge in [0, 0.05) is 22.2 Å². The molecule has 1 unspecified atom stereocenters. The summed E-state index contributed by atoms with van der Waals surface area (Å²) < 4.78 is 32.8. The fourth-order valence-electron chi connectivity index (χ4n) is 1.97. The van der Waals surface area contributed by atoms with Crippen molar-refractivity contribution in [2.24, 2.45) is 5.11 Å². The largest absolute Gasteiger partial charge is 0.485 e. The summed E-state index contributed by atoms with van der Waals surface area (Å²) in [6, 6.07) is 0. The van der Waals surface area contributed by atoms with E-state index in [1.807, 2.05) is 10.8 Å². The lowest BCUT2D eigenvalue weighted by Gasteiger charge is -2.24. The molecule has 1 aliphatic heterocycles. The van der Waals surface area contributed by atoms with Crippen LogP contribution in [0.3, 0.4) is 0 Å². The van der Waals surface area contributed by atoms with Crippen molar-refractivity contribution in [2.45, 2.75) is 6.10 Å². The lowest BCUT2D eigenvalue weighted by molar-refractivity contribution is -0.0243. The molecule has 0 fully saturated rings. The van der Waals surface area contributed by atoms with Gasteiger partial charge in [-0.1, -0.05) is 5.11 Å². The summed E-state index contributed by atoms with van der Waals surface area (Å²) in [5.41, 5.74) is 8.08. The van der Waals surface area contributed by atoms with Crippen LogP contribution in [0.15, 0.2) is 15.9 Å². The third-order valence-corrected chi connectivity index (χ3v) is 3.83.